The average Bonchev–Trinajstić information content (AvgIpc) is 3.37. The van der Waals surface area contributed by atoms with Gasteiger partial charge in [-0.05, 0) is 66.1 Å². The Kier molecular flexibility index (Phi) is 9.22. The van der Waals surface area contributed by atoms with Crippen molar-refractivity contribution < 1.29 is 22.8 Å². The largest absolute Gasteiger partial charge is 0.405 e. The van der Waals surface area contributed by atoms with Crippen LogP contribution in [0.1, 0.15) is 53.7 Å². The number of hydrogen-bond donors (Lipinski definition) is 2. The van der Waals surface area contributed by atoms with Crippen molar-refractivity contribution in [3.63, 3.8) is 0 Å². The number of pyridine rings is 1. The normalized spacial score (nSPS) is 16.0. The number of amides is 2. The predicted octanol–water partition coefficient (Wildman–Crippen LogP) is 6.76. The molecule has 0 saturated carbocycles. The number of unbranched alkanes of at least 4 members (excludes halogenated alkanes) is 1. The van der Waals surface area contributed by atoms with Crippen LogP contribution < -0.4 is 10.6 Å². The molecule has 6 nitrogen and oxygen atoms in total. The van der Waals surface area contributed by atoms with Crippen LogP contribution in [0.5, 0.6) is 0 Å². The van der Waals surface area contributed by atoms with E-state index >= 15 is 0 Å². The molecule has 9 heteroatoms. The Morgan fingerprint density at radius 2 is 1.41 bits per heavy atom. The summed E-state index contributed by atoms with van der Waals surface area (Å²) in [6, 6.07) is 28.6. The number of halogens is 3. The molecule has 46 heavy (non-hydrogen) atoms. The first-order valence-electron chi connectivity index (χ1n) is 15.8. The summed E-state index contributed by atoms with van der Waals surface area (Å²) in [5.41, 5.74) is 4.29. The highest BCUT2D eigenvalue weighted by molar-refractivity contribution is 6.01. The lowest BCUT2D eigenvalue weighted by Gasteiger charge is -2.33. The van der Waals surface area contributed by atoms with E-state index in [-0.39, 0.29) is 11.9 Å². The van der Waals surface area contributed by atoms with Crippen LogP contribution in [-0.4, -0.2) is 60.1 Å². The molecule has 1 fully saturated rings. The highest BCUT2D eigenvalue weighted by Gasteiger charge is 2.49. The Bertz CT molecular complexity index is 1640. The smallest absolute Gasteiger partial charge is 0.348 e. The molecule has 2 amide bonds. The number of benzene rings is 3. The molecule has 1 aliphatic carbocycles. The van der Waals surface area contributed by atoms with Crippen molar-refractivity contribution in [2.24, 2.45) is 0 Å². The van der Waals surface area contributed by atoms with Crippen molar-refractivity contribution in [1.82, 2.24) is 20.5 Å². The van der Waals surface area contributed by atoms with Gasteiger partial charge in [0.2, 0.25) is 5.91 Å². The predicted molar refractivity (Wildman–Crippen MR) is 172 cm³/mol. The van der Waals surface area contributed by atoms with Gasteiger partial charge in [0.05, 0.1) is 0 Å². The van der Waals surface area contributed by atoms with Gasteiger partial charge in [-0.1, -0.05) is 91.3 Å². The highest BCUT2D eigenvalue weighted by Crippen LogP contribution is 2.51. The molecule has 6 rings (SSSR count). The number of aromatic nitrogens is 1. The standard InChI is InChI=1S/C37H37F3N4O2/c38-37(39,40)25-42-35(46)36(31-16-6-4-13-29(31)30-14-5-7-17-32(30)36)20-8-9-22-44-23-18-27(19-24-44)43-34(45)33-28(15-10-21-41-33)26-11-2-1-3-12-26/h1-7,10-17,21,27H,8-9,18-20,22-25H2,(H,42,46)(H,43,45). The van der Waals surface area contributed by atoms with Crippen LogP contribution in [0.2, 0.25) is 0 Å². The summed E-state index contributed by atoms with van der Waals surface area (Å²) in [5, 5.41) is 5.39. The molecule has 0 radical (unpaired) electrons. The van der Waals surface area contributed by atoms with Gasteiger partial charge < -0.3 is 15.5 Å². The van der Waals surface area contributed by atoms with Gasteiger partial charge in [0, 0.05) is 30.9 Å². The van der Waals surface area contributed by atoms with E-state index < -0.39 is 24.0 Å². The number of fused-ring (bicyclic) bond motifs is 3. The van der Waals surface area contributed by atoms with Crippen LogP contribution in [-0.2, 0) is 10.2 Å². The first-order chi connectivity index (χ1) is 22.3. The molecule has 0 unspecified atom stereocenters. The second-order valence-electron chi connectivity index (χ2n) is 12.1. The average molecular weight is 627 g/mol. The zero-order valence-electron chi connectivity index (χ0n) is 25.5. The second kappa shape index (κ2) is 13.5. The molecule has 4 aromatic rings. The van der Waals surface area contributed by atoms with E-state index in [9.17, 15) is 22.8 Å². The molecular weight excluding hydrogens is 589 g/mol. The Morgan fingerprint density at radius 1 is 0.804 bits per heavy atom. The molecule has 2 aliphatic rings. The van der Waals surface area contributed by atoms with E-state index in [2.05, 4.69) is 20.5 Å². The zero-order valence-corrected chi connectivity index (χ0v) is 25.5. The summed E-state index contributed by atoms with van der Waals surface area (Å²) in [5.74, 6) is -0.786. The van der Waals surface area contributed by atoms with Gasteiger partial charge in [-0.25, -0.2) is 0 Å². The number of alkyl halides is 3. The fourth-order valence-electron chi connectivity index (χ4n) is 7.00. The highest BCUT2D eigenvalue weighted by atomic mass is 19.4. The van der Waals surface area contributed by atoms with Crippen LogP contribution in [0, 0.1) is 0 Å². The number of piperidine rings is 1. The summed E-state index contributed by atoms with van der Waals surface area (Å²) < 4.78 is 39.5. The minimum Gasteiger partial charge on any atom is -0.348 e. The van der Waals surface area contributed by atoms with Crippen molar-refractivity contribution in [3.8, 4) is 22.3 Å². The maximum absolute atomic E-state index is 13.7. The summed E-state index contributed by atoms with van der Waals surface area (Å²) in [6.45, 7) is 1.09. The number of carbonyl (C=O) groups excluding carboxylic acids is 2. The molecule has 2 N–H and O–H groups in total. The van der Waals surface area contributed by atoms with Gasteiger partial charge in [-0.15, -0.1) is 0 Å². The monoisotopic (exact) mass is 626 g/mol. The fraction of sp³-hybridized carbons (Fsp3) is 0.324. The third kappa shape index (κ3) is 6.56. The minimum absolute atomic E-state index is 0.0430. The SMILES string of the molecule is O=C(NC1CCN(CCCCC2(C(=O)NCC(F)(F)F)c3ccccc3-c3ccccc32)CC1)c1ncccc1-c1ccccc1. The van der Waals surface area contributed by atoms with Gasteiger partial charge in [-0.3, -0.25) is 14.6 Å². The number of carbonyl (C=O) groups is 2. The third-order valence-corrected chi connectivity index (χ3v) is 9.21. The van der Waals surface area contributed by atoms with Gasteiger partial charge in [-0.2, -0.15) is 13.2 Å². The summed E-state index contributed by atoms with van der Waals surface area (Å²) in [4.78, 5) is 33.6. The molecule has 0 atom stereocenters. The Hall–Kier alpha value is -4.50. The van der Waals surface area contributed by atoms with Crippen molar-refractivity contribution in [1.29, 1.82) is 0 Å². The molecular formula is C37H37F3N4O2. The van der Waals surface area contributed by atoms with Gasteiger partial charge in [0.1, 0.15) is 17.7 Å². The Labute approximate surface area is 267 Å². The number of hydrogen-bond acceptors (Lipinski definition) is 4. The summed E-state index contributed by atoms with van der Waals surface area (Å²) in [7, 11) is 0. The topological polar surface area (TPSA) is 74.3 Å². The van der Waals surface area contributed by atoms with E-state index in [4.69, 9.17) is 0 Å². The lowest BCUT2D eigenvalue weighted by molar-refractivity contribution is -0.141. The number of rotatable bonds is 10. The second-order valence-corrected chi connectivity index (χ2v) is 12.1. The van der Waals surface area contributed by atoms with Gasteiger partial charge >= 0.3 is 6.18 Å². The molecule has 0 spiro atoms. The van der Waals surface area contributed by atoms with Crippen molar-refractivity contribution in [3.05, 3.63) is 114 Å². The number of likely N-dealkylation sites (tertiary alicyclic amines) is 1. The summed E-state index contributed by atoms with van der Waals surface area (Å²) >= 11 is 0. The Morgan fingerprint density at radius 3 is 2.07 bits per heavy atom. The van der Waals surface area contributed by atoms with E-state index in [1.165, 1.54) is 0 Å². The van der Waals surface area contributed by atoms with E-state index in [0.717, 1.165) is 72.3 Å². The minimum atomic E-state index is -4.50. The zero-order chi connectivity index (χ0) is 32.1. The summed E-state index contributed by atoms with van der Waals surface area (Å²) in [6.07, 6.45) is 0.627. The lowest BCUT2D eigenvalue weighted by atomic mass is 9.73. The van der Waals surface area contributed by atoms with Gasteiger partial charge in [0.15, 0.2) is 0 Å². The third-order valence-electron chi connectivity index (χ3n) is 9.21. The first-order valence-corrected chi connectivity index (χ1v) is 15.8. The Balaban J connectivity index is 1.06. The quantitative estimate of drug-likeness (QED) is 0.191. The molecule has 1 aliphatic heterocycles. The van der Waals surface area contributed by atoms with Crippen molar-refractivity contribution in [2.45, 2.75) is 49.7 Å². The van der Waals surface area contributed by atoms with Crippen molar-refractivity contribution in [2.75, 3.05) is 26.2 Å². The number of nitrogens with one attached hydrogen (secondary N) is 2. The van der Waals surface area contributed by atoms with Crippen LogP contribution in [0.3, 0.4) is 0 Å². The van der Waals surface area contributed by atoms with Crippen LogP contribution in [0.4, 0.5) is 13.2 Å². The van der Waals surface area contributed by atoms with Crippen LogP contribution in [0.25, 0.3) is 22.3 Å². The molecule has 0 bridgehead atoms. The molecule has 238 valence electrons. The lowest BCUT2D eigenvalue weighted by Crippen LogP contribution is -2.47. The van der Waals surface area contributed by atoms with E-state index in [0.29, 0.717) is 18.5 Å². The van der Waals surface area contributed by atoms with Crippen molar-refractivity contribution >= 4 is 11.8 Å². The molecule has 3 aromatic carbocycles. The van der Waals surface area contributed by atoms with Gasteiger partial charge in [0.25, 0.3) is 5.91 Å². The number of nitrogens with zero attached hydrogens (tertiary/aromatic N) is 2. The maximum atomic E-state index is 13.7. The molecule has 2 heterocycles. The van der Waals surface area contributed by atoms with E-state index in [1.807, 2.05) is 91.0 Å². The van der Waals surface area contributed by atoms with Crippen LogP contribution >= 0.6 is 0 Å². The fourth-order valence-corrected chi connectivity index (χ4v) is 7.00. The molecule has 1 saturated heterocycles. The van der Waals surface area contributed by atoms with E-state index in [1.54, 1.807) is 6.20 Å². The first kappa shape index (κ1) is 31.5. The molecule has 1 aromatic heterocycles. The maximum Gasteiger partial charge on any atom is 0.405 e. The van der Waals surface area contributed by atoms with Crippen LogP contribution in [0.15, 0.2) is 97.2 Å².